The summed E-state index contributed by atoms with van der Waals surface area (Å²) in [6.07, 6.45) is 1.84. The third kappa shape index (κ3) is 3.03. The second kappa shape index (κ2) is 5.53. The molecule has 0 aromatic heterocycles. The summed E-state index contributed by atoms with van der Waals surface area (Å²) < 4.78 is 0. The van der Waals surface area contributed by atoms with Crippen LogP contribution in [0.3, 0.4) is 0 Å². The van der Waals surface area contributed by atoms with Crippen LogP contribution in [0.2, 0.25) is 15.1 Å². The van der Waals surface area contributed by atoms with Crippen LogP contribution < -0.4 is 5.32 Å². The van der Waals surface area contributed by atoms with Crippen molar-refractivity contribution in [1.29, 1.82) is 0 Å². The molecule has 0 unspecified atom stereocenters. The number of hydrogen-bond acceptors (Lipinski definition) is 1. The lowest BCUT2D eigenvalue weighted by Gasteiger charge is -2.18. The number of hydrogen-bond donors (Lipinski definition) is 1. The van der Waals surface area contributed by atoms with Crippen LogP contribution in [-0.2, 0) is 5.54 Å². The molecular weight excluding hydrogens is 329 g/mol. The average molecular weight is 341 g/mol. The Kier molecular flexibility index (Phi) is 3.87. The summed E-state index contributed by atoms with van der Waals surface area (Å²) in [5.41, 5.74) is 1.29. The topological polar surface area (TPSA) is 29.1 Å². The van der Waals surface area contributed by atoms with Gasteiger partial charge in [-0.25, -0.2) is 0 Å². The van der Waals surface area contributed by atoms with Gasteiger partial charge in [-0.05, 0) is 48.7 Å². The number of halogens is 3. The Bertz CT molecular complexity index is 693. The molecule has 1 N–H and O–H groups in total. The third-order valence-electron chi connectivity index (χ3n) is 3.68. The first-order chi connectivity index (χ1) is 10.00. The molecule has 0 radical (unpaired) electrons. The molecule has 1 aliphatic rings. The van der Waals surface area contributed by atoms with Gasteiger partial charge in [0.2, 0.25) is 0 Å². The summed E-state index contributed by atoms with van der Waals surface area (Å²) in [6.45, 7) is 0. The minimum absolute atomic E-state index is 0.152. The normalized spacial score (nSPS) is 15.6. The molecule has 0 heterocycles. The molecule has 0 atom stereocenters. The smallest absolute Gasteiger partial charge is 0.252 e. The summed E-state index contributed by atoms with van der Waals surface area (Å²) in [7, 11) is 0. The van der Waals surface area contributed by atoms with Crippen LogP contribution in [0.4, 0.5) is 0 Å². The van der Waals surface area contributed by atoms with Gasteiger partial charge in [0.25, 0.3) is 5.91 Å². The van der Waals surface area contributed by atoms with Gasteiger partial charge in [0.15, 0.2) is 0 Å². The first-order valence-electron chi connectivity index (χ1n) is 6.54. The quantitative estimate of drug-likeness (QED) is 0.830. The Balaban J connectivity index is 1.81. The minimum Gasteiger partial charge on any atom is -0.343 e. The molecule has 1 aliphatic carbocycles. The van der Waals surface area contributed by atoms with Crippen LogP contribution in [-0.4, -0.2) is 5.91 Å². The van der Waals surface area contributed by atoms with E-state index in [1.54, 1.807) is 18.2 Å². The van der Waals surface area contributed by atoms with Crippen LogP contribution in [0.5, 0.6) is 0 Å². The maximum atomic E-state index is 12.4. The fraction of sp³-hybridized carbons (Fsp3) is 0.188. The Morgan fingerprint density at radius 1 is 0.952 bits per heavy atom. The monoisotopic (exact) mass is 339 g/mol. The van der Waals surface area contributed by atoms with Crippen molar-refractivity contribution in [3.05, 3.63) is 68.7 Å². The van der Waals surface area contributed by atoms with E-state index < -0.39 is 0 Å². The zero-order valence-corrected chi connectivity index (χ0v) is 13.3. The van der Waals surface area contributed by atoms with Crippen molar-refractivity contribution in [2.75, 3.05) is 0 Å². The predicted octanol–water partition coefficient (Wildman–Crippen LogP) is 5.07. The number of nitrogens with one attached hydrogen (secondary N) is 1. The van der Waals surface area contributed by atoms with E-state index in [9.17, 15) is 4.79 Å². The molecule has 108 valence electrons. The molecule has 0 spiro atoms. The van der Waals surface area contributed by atoms with Gasteiger partial charge in [0.05, 0.1) is 15.6 Å². The average Bonchev–Trinajstić information content (AvgIpc) is 3.23. The van der Waals surface area contributed by atoms with Gasteiger partial charge in [0, 0.05) is 10.6 Å². The molecule has 3 rings (SSSR count). The van der Waals surface area contributed by atoms with Crippen molar-refractivity contribution in [2.45, 2.75) is 18.4 Å². The van der Waals surface area contributed by atoms with Gasteiger partial charge in [-0.15, -0.1) is 0 Å². The molecular formula is C16H12Cl3NO. The number of benzene rings is 2. The highest BCUT2D eigenvalue weighted by molar-refractivity contribution is 6.42. The molecule has 0 saturated heterocycles. The van der Waals surface area contributed by atoms with Gasteiger partial charge in [-0.1, -0.05) is 46.9 Å². The standard InChI is InChI=1S/C16H12Cl3NO/c17-12-4-2-11(3-5-12)16(7-8-16)20-15(21)10-1-6-13(18)14(19)9-10/h1-6,9H,7-8H2,(H,20,21). The van der Waals surface area contributed by atoms with Crippen molar-refractivity contribution in [3.63, 3.8) is 0 Å². The van der Waals surface area contributed by atoms with Crippen LogP contribution in [0.1, 0.15) is 28.8 Å². The highest BCUT2D eigenvalue weighted by atomic mass is 35.5. The molecule has 5 heteroatoms. The summed E-state index contributed by atoms with van der Waals surface area (Å²) in [5, 5.41) is 4.58. The number of carbonyl (C=O) groups excluding carboxylic acids is 1. The molecule has 1 saturated carbocycles. The first-order valence-corrected chi connectivity index (χ1v) is 7.67. The summed E-state index contributed by atoms with van der Waals surface area (Å²) in [6, 6.07) is 12.4. The Morgan fingerprint density at radius 2 is 1.62 bits per heavy atom. The summed E-state index contributed by atoms with van der Waals surface area (Å²) >= 11 is 17.7. The van der Waals surface area contributed by atoms with E-state index in [2.05, 4.69) is 5.32 Å². The van der Waals surface area contributed by atoms with E-state index in [-0.39, 0.29) is 11.4 Å². The van der Waals surface area contributed by atoms with E-state index in [0.717, 1.165) is 18.4 Å². The number of amides is 1. The van der Waals surface area contributed by atoms with Crippen LogP contribution in [0.15, 0.2) is 42.5 Å². The Hall–Kier alpha value is -1.22. The third-order valence-corrected chi connectivity index (χ3v) is 4.67. The summed E-state index contributed by atoms with van der Waals surface area (Å²) in [4.78, 5) is 12.4. The van der Waals surface area contributed by atoms with Crippen LogP contribution in [0, 0.1) is 0 Å². The molecule has 0 bridgehead atoms. The molecule has 2 nitrogen and oxygen atoms in total. The lowest BCUT2D eigenvalue weighted by molar-refractivity contribution is 0.0931. The number of rotatable bonds is 3. The van der Waals surface area contributed by atoms with Gasteiger partial charge < -0.3 is 5.32 Å². The fourth-order valence-corrected chi connectivity index (χ4v) is 2.73. The van der Waals surface area contributed by atoms with Crippen LogP contribution in [0.25, 0.3) is 0 Å². The highest BCUT2D eigenvalue weighted by Crippen LogP contribution is 2.45. The summed E-state index contributed by atoms with van der Waals surface area (Å²) in [5.74, 6) is -0.152. The lowest BCUT2D eigenvalue weighted by atomic mass is 10.0. The van der Waals surface area contributed by atoms with E-state index in [1.165, 1.54) is 0 Å². The van der Waals surface area contributed by atoms with Gasteiger partial charge in [0.1, 0.15) is 0 Å². The maximum Gasteiger partial charge on any atom is 0.252 e. The Labute approximate surface area is 138 Å². The predicted molar refractivity (Wildman–Crippen MR) is 86.3 cm³/mol. The van der Waals surface area contributed by atoms with Gasteiger partial charge >= 0.3 is 0 Å². The van der Waals surface area contributed by atoms with Gasteiger partial charge in [-0.3, -0.25) is 4.79 Å². The Morgan fingerprint density at radius 3 is 2.19 bits per heavy atom. The van der Waals surface area contributed by atoms with Crippen molar-refractivity contribution < 1.29 is 4.79 Å². The SMILES string of the molecule is O=C(NC1(c2ccc(Cl)cc2)CC1)c1ccc(Cl)c(Cl)c1. The molecule has 2 aromatic rings. The van der Waals surface area contributed by atoms with Crippen molar-refractivity contribution in [2.24, 2.45) is 0 Å². The van der Waals surface area contributed by atoms with Crippen molar-refractivity contribution >= 4 is 40.7 Å². The largest absolute Gasteiger partial charge is 0.343 e. The highest BCUT2D eigenvalue weighted by Gasteiger charge is 2.45. The van der Waals surface area contributed by atoms with Gasteiger partial charge in [-0.2, -0.15) is 0 Å². The molecule has 2 aromatic carbocycles. The lowest BCUT2D eigenvalue weighted by Crippen LogP contribution is -2.34. The zero-order valence-electron chi connectivity index (χ0n) is 11.0. The molecule has 21 heavy (non-hydrogen) atoms. The molecule has 1 amide bonds. The second-order valence-corrected chi connectivity index (χ2v) is 6.42. The van der Waals surface area contributed by atoms with E-state index in [0.29, 0.717) is 20.6 Å². The first kappa shape index (κ1) is 14.7. The van der Waals surface area contributed by atoms with E-state index >= 15 is 0 Å². The number of carbonyl (C=O) groups is 1. The van der Waals surface area contributed by atoms with Crippen molar-refractivity contribution in [1.82, 2.24) is 5.32 Å². The second-order valence-electron chi connectivity index (χ2n) is 5.17. The molecule has 1 fully saturated rings. The fourth-order valence-electron chi connectivity index (χ4n) is 2.31. The maximum absolute atomic E-state index is 12.4. The zero-order chi connectivity index (χ0) is 15.0. The van der Waals surface area contributed by atoms with E-state index in [1.807, 2.05) is 24.3 Å². The minimum atomic E-state index is -0.284. The van der Waals surface area contributed by atoms with E-state index in [4.69, 9.17) is 34.8 Å². The molecule has 0 aliphatic heterocycles. The van der Waals surface area contributed by atoms with Crippen molar-refractivity contribution in [3.8, 4) is 0 Å². The van der Waals surface area contributed by atoms with Crippen LogP contribution >= 0.6 is 34.8 Å².